The summed E-state index contributed by atoms with van der Waals surface area (Å²) in [6.45, 7) is 0. The summed E-state index contributed by atoms with van der Waals surface area (Å²) in [6, 6.07) is 62.5. The molecule has 0 N–H and O–H groups in total. The van der Waals surface area contributed by atoms with Crippen LogP contribution in [0.4, 0.5) is 34.1 Å². The number of benzene rings is 8. The number of furan rings is 3. The fraction of sp³-hybridized carbons (Fsp3) is 0. The third-order valence-corrected chi connectivity index (χ3v) is 10.2. The van der Waals surface area contributed by atoms with Gasteiger partial charge in [-0.25, -0.2) is 0 Å². The molecule has 0 aliphatic carbocycles. The van der Waals surface area contributed by atoms with Crippen LogP contribution in [0, 0.1) is 0 Å². The van der Waals surface area contributed by atoms with E-state index in [1.54, 1.807) is 0 Å². The molecule has 0 saturated carbocycles. The Balaban J connectivity index is 1.38. The zero-order valence-electron chi connectivity index (χ0n) is 28.4. The molecule has 0 atom stereocenters. The summed E-state index contributed by atoms with van der Waals surface area (Å²) >= 11 is 0. The zero-order valence-corrected chi connectivity index (χ0v) is 28.4. The van der Waals surface area contributed by atoms with Gasteiger partial charge in [0.1, 0.15) is 22.3 Å². The summed E-state index contributed by atoms with van der Waals surface area (Å²) in [4.78, 5) is 4.52. The van der Waals surface area contributed by atoms with Crippen molar-refractivity contribution in [3.8, 4) is 0 Å². The predicted molar refractivity (Wildman–Crippen MR) is 218 cm³/mol. The molecule has 0 fully saturated rings. The Bertz CT molecular complexity index is 2820. The molecule has 3 heterocycles. The SMILES string of the molecule is c1ccc(N(c2ccccc2)c2cc3oc4ccccc4c3c3c2oc2c(N(c4ccccc4)c4ccccc4)cc4oc5ccccc5c4c23)cc1. The van der Waals surface area contributed by atoms with Crippen LogP contribution in [0.25, 0.3) is 65.8 Å². The fourth-order valence-corrected chi connectivity index (χ4v) is 7.99. The van der Waals surface area contributed by atoms with Gasteiger partial charge in [-0.15, -0.1) is 0 Å². The maximum absolute atomic E-state index is 7.45. The number of para-hydroxylation sites is 6. The van der Waals surface area contributed by atoms with Crippen molar-refractivity contribution in [3.05, 3.63) is 182 Å². The molecule has 250 valence electrons. The van der Waals surface area contributed by atoms with Crippen molar-refractivity contribution in [2.75, 3.05) is 9.80 Å². The Kier molecular flexibility index (Phi) is 6.48. The van der Waals surface area contributed by atoms with E-state index in [1.165, 1.54) is 0 Å². The van der Waals surface area contributed by atoms with Crippen molar-refractivity contribution in [3.63, 3.8) is 0 Å². The van der Waals surface area contributed by atoms with Gasteiger partial charge in [0, 0.05) is 67.2 Å². The largest absolute Gasteiger partial charge is 0.456 e. The maximum atomic E-state index is 7.45. The Hall–Kier alpha value is -7.24. The maximum Gasteiger partial charge on any atom is 0.160 e. The Morgan fingerprint density at radius 3 is 0.962 bits per heavy atom. The zero-order chi connectivity index (χ0) is 34.9. The summed E-state index contributed by atoms with van der Waals surface area (Å²) in [7, 11) is 0. The average Bonchev–Trinajstić information content (AvgIpc) is 3.91. The fourth-order valence-electron chi connectivity index (χ4n) is 7.99. The summed E-state index contributed by atoms with van der Waals surface area (Å²) < 4.78 is 20.9. The van der Waals surface area contributed by atoms with Gasteiger partial charge in [0.2, 0.25) is 0 Å². The van der Waals surface area contributed by atoms with E-state index < -0.39 is 0 Å². The molecule has 0 radical (unpaired) electrons. The lowest BCUT2D eigenvalue weighted by Gasteiger charge is -2.25. The van der Waals surface area contributed by atoms with Crippen molar-refractivity contribution in [1.82, 2.24) is 0 Å². The molecule has 3 aromatic heterocycles. The van der Waals surface area contributed by atoms with Crippen LogP contribution in [0.15, 0.2) is 195 Å². The van der Waals surface area contributed by atoms with Crippen LogP contribution in [0.3, 0.4) is 0 Å². The Labute approximate surface area is 304 Å². The monoisotopic (exact) mass is 682 g/mol. The normalized spacial score (nSPS) is 11.8. The predicted octanol–water partition coefficient (Wildman–Crippen LogP) is 14.3. The highest BCUT2D eigenvalue weighted by Crippen LogP contribution is 2.53. The second kappa shape index (κ2) is 11.7. The van der Waals surface area contributed by atoms with Crippen molar-refractivity contribution in [1.29, 1.82) is 0 Å². The molecule has 8 aromatic carbocycles. The molecule has 0 aliphatic heterocycles. The van der Waals surface area contributed by atoms with E-state index in [2.05, 4.69) is 143 Å². The van der Waals surface area contributed by atoms with Crippen LogP contribution in [0.1, 0.15) is 0 Å². The standard InChI is InChI=1S/C48H30N2O3/c1-5-17-31(18-6-1)49(32-19-7-2-8-20-32)37-29-41-43(35-25-13-15-27-39(35)51-41)45-46-44-36-26-14-16-28-40(36)52-42(44)30-38(48(46)53-47(37)45)50(33-21-9-3-10-22-33)34-23-11-4-12-24-34/h1-30H. The minimum Gasteiger partial charge on any atom is -0.456 e. The van der Waals surface area contributed by atoms with E-state index in [1.807, 2.05) is 48.5 Å². The molecule has 0 saturated heterocycles. The van der Waals surface area contributed by atoms with E-state index in [4.69, 9.17) is 13.3 Å². The van der Waals surface area contributed by atoms with Crippen LogP contribution in [0.2, 0.25) is 0 Å². The average molecular weight is 683 g/mol. The first-order chi connectivity index (χ1) is 26.3. The van der Waals surface area contributed by atoms with Crippen LogP contribution >= 0.6 is 0 Å². The minimum atomic E-state index is 0.756. The molecule has 0 unspecified atom stereocenters. The smallest absolute Gasteiger partial charge is 0.160 e. The van der Waals surface area contributed by atoms with E-state index in [0.717, 1.165) is 99.9 Å². The second-order valence-corrected chi connectivity index (χ2v) is 13.3. The minimum absolute atomic E-state index is 0.756. The van der Waals surface area contributed by atoms with E-state index in [-0.39, 0.29) is 0 Å². The van der Waals surface area contributed by atoms with E-state index in [9.17, 15) is 0 Å². The lowest BCUT2D eigenvalue weighted by molar-refractivity contribution is 0.661. The van der Waals surface area contributed by atoms with Crippen molar-refractivity contribution < 1.29 is 13.3 Å². The topological polar surface area (TPSA) is 45.9 Å². The number of fused-ring (bicyclic) bond motifs is 11. The van der Waals surface area contributed by atoms with Gasteiger partial charge in [-0.05, 0) is 60.7 Å². The lowest BCUT2D eigenvalue weighted by atomic mass is 9.99. The molecular weight excluding hydrogens is 653 g/mol. The summed E-state index contributed by atoms with van der Waals surface area (Å²) in [6.07, 6.45) is 0. The molecule has 0 aliphatic rings. The van der Waals surface area contributed by atoms with Crippen molar-refractivity contribution in [2.24, 2.45) is 0 Å². The molecule has 5 heteroatoms. The van der Waals surface area contributed by atoms with Crippen LogP contribution in [-0.2, 0) is 0 Å². The highest BCUT2D eigenvalue weighted by atomic mass is 16.3. The number of anilines is 6. The Morgan fingerprint density at radius 1 is 0.283 bits per heavy atom. The van der Waals surface area contributed by atoms with E-state index in [0.29, 0.717) is 0 Å². The number of rotatable bonds is 6. The molecule has 0 amide bonds. The molecule has 53 heavy (non-hydrogen) atoms. The molecule has 0 spiro atoms. The molecule has 11 aromatic rings. The van der Waals surface area contributed by atoms with Gasteiger partial charge in [-0.3, -0.25) is 0 Å². The first-order valence-electron chi connectivity index (χ1n) is 17.8. The van der Waals surface area contributed by atoms with E-state index >= 15 is 0 Å². The second-order valence-electron chi connectivity index (χ2n) is 13.3. The number of hydrogen-bond donors (Lipinski definition) is 0. The highest BCUT2D eigenvalue weighted by Gasteiger charge is 2.30. The molecule has 5 nitrogen and oxygen atoms in total. The van der Waals surface area contributed by atoms with Crippen molar-refractivity contribution >= 4 is 99.9 Å². The summed E-state index contributed by atoms with van der Waals surface area (Å²) in [5.41, 5.74) is 10.5. The van der Waals surface area contributed by atoms with Crippen LogP contribution < -0.4 is 9.80 Å². The van der Waals surface area contributed by atoms with Gasteiger partial charge in [0.15, 0.2) is 11.2 Å². The van der Waals surface area contributed by atoms with Gasteiger partial charge in [0.25, 0.3) is 0 Å². The van der Waals surface area contributed by atoms with Crippen molar-refractivity contribution in [2.45, 2.75) is 0 Å². The van der Waals surface area contributed by atoms with Gasteiger partial charge >= 0.3 is 0 Å². The molecule has 0 bridgehead atoms. The summed E-state index contributed by atoms with van der Waals surface area (Å²) in [5, 5.41) is 6.04. The third-order valence-electron chi connectivity index (χ3n) is 10.2. The molecular formula is C48H30N2O3. The quantitative estimate of drug-likeness (QED) is 0.175. The number of nitrogens with zero attached hydrogens (tertiary/aromatic N) is 2. The van der Waals surface area contributed by atoms with Gasteiger partial charge in [-0.2, -0.15) is 0 Å². The van der Waals surface area contributed by atoms with Gasteiger partial charge < -0.3 is 23.1 Å². The lowest BCUT2D eigenvalue weighted by Crippen LogP contribution is -2.10. The van der Waals surface area contributed by atoms with Crippen LogP contribution in [-0.4, -0.2) is 0 Å². The summed E-state index contributed by atoms with van der Waals surface area (Å²) in [5.74, 6) is 0. The first kappa shape index (κ1) is 29.5. The van der Waals surface area contributed by atoms with Crippen LogP contribution in [0.5, 0.6) is 0 Å². The Morgan fingerprint density at radius 2 is 0.604 bits per heavy atom. The molecule has 11 rings (SSSR count). The first-order valence-corrected chi connectivity index (χ1v) is 17.8. The van der Waals surface area contributed by atoms with Gasteiger partial charge in [-0.1, -0.05) is 109 Å². The number of hydrogen-bond acceptors (Lipinski definition) is 5. The third kappa shape index (κ3) is 4.51. The highest BCUT2D eigenvalue weighted by molar-refractivity contribution is 6.37. The van der Waals surface area contributed by atoms with Gasteiger partial charge in [0.05, 0.1) is 11.4 Å².